The van der Waals surface area contributed by atoms with Gasteiger partial charge in [-0.2, -0.15) is 13.2 Å². The van der Waals surface area contributed by atoms with Crippen LogP contribution in [-0.2, 0) is 6.18 Å². The minimum atomic E-state index is -4.57. The van der Waals surface area contributed by atoms with Crippen LogP contribution in [0, 0.1) is 6.92 Å². The summed E-state index contributed by atoms with van der Waals surface area (Å²) in [6.45, 7) is 1.68. The number of imidazole rings is 1. The molecule has 0 aliphatic rings. The second kappa shape index (κ2) is 6.49. The van der Waals surface area contributed by atoms with E-state index in [4.69, 9.17) is 27.9 Å². The number of halogens is 5. The van der Waals surface area contributed by atoms with Gasteiger partial charge in [0.2, 0.25) is 0 Å². The van der Waals surface area contributed by atoms with Gasteiger partial charge in [0.25, 0.3) is 0 Å². The first-order chi connectivity index (χ1) is 13.2. The Morgan fingerprint density at radius 3 is 2.50 bits per heavy atom. The molecule has 0 saturated heterocycles. The lowest BCUT2D eigenvalue weighted by molar-refractivity contribution is -0.137. The first kappa shape index (κ1) is 18.8. The van der Waals surface area contributed by atoms with E-state index in [0.29, 0.717) is 32.8 Å². The SMILES string of the molecule is COc1cc(C(F)(F)F)cc2c1nnc1c(C)nc(-c3cc(Cl)ccc3Cl)n12. The zero-order chi connectivity index (χ0) is 20.2. The van der Waals surface area contributed by atoms with Crippen molar-refractivity contribution < 1.29 is 17.9 Å². The number of benzene rings is 2. The molecule has 2 aromatic carbocycles. The Hall–Kier alpha value is -2.58. The zero-order valence-electron chi connectivity index (χ0n) is 14.5. The van der Waals surface area contributed by atoms with Crippen molar-refractivity contribution in [3.8, 4) is 17.1 Å². The first-order valence-corrected chi connectivity index (χ1v) is 8.72. The monoisotopic (exact) mass is 426 g/mol. The second-order valence-corrected chi connectivity index (χ2v) is 6.89. The molecule has 2 heterocycles. The topological polar surface area (TPSA) is 52.3 Å². The van der Waals surface area contributed by atoms with Gasteiger partial charge < -0.3 is 4.74 Å². The Morgan fingerprint density at radius 1 is 1.07 bits per heavy atom. The van der Waals surface area contributed by atoms with Crippen molar-refractivity contribution in [2.45, 2.75) is 13.1 Å². The van der Waals surface area contributed by atoms with Gasteiger partial charge in [0.15, 0.2) is 11.2 Å². The largest absolute Gasteiger partial charge is 0.494 e. The molecule has 0 N–H and O–H groups in total. The van der Waals surface area contributed by atoms with Gasteiger partial charge in [-0.25, -0.2) is 4.98 Å². The molecule has 0 radical (unpaired) electrons. The highest BCUT2D eigenvalue weighted by Crippen LogP contribution is 2.38. The van der Waals surface area contributed by atoms with E-state index in [1.807, 2.05) is 0 Å². The Balaban J connectivity index is 2.19. The summed E-state index contributed by atoms with van der Waals surface area (Å²) in [5.74, 6) is 0.259. The fraction of sp³-hybridized carbons (Fsp3) is 0.167. The summed E-state index contributed by atoms with van der Waals surface area (Å²) in [6, 6.07) is 6.67. The molecule has 4 rings (SSSR count). The highest BCUT2D eigenvalue weighted by atomic mass is 35.5. The van der Waals surface area contributed by atoms with Gasteiger partial charge in [0.05, 0.1) is 28.9 Å². The quantitative estimate of drug-likeness (QED) is 0.419. The lowest BCUT2D eigenvalue weighted by atomic mass is 10.1. The highest BCUT2D eigenvalue weighted by Gasteiger charge is 2.33. The smallest absolute Gasteiger partial charge is 0.416 e. The average molecular weight is 427 g/mol. The molecule has 0 aliphatic heterocycles. The number of hydrogen-bond acceptors (Lipinski definition) is 4. The van der Waals surface area contributed by atoms with Crippen molar-refractivity contribution in [2.24, 2.45) is 0 Å². The standard InChI is InChI=1S/C18H11Cl2F3N4O/c1-8-16-26-25-15-13(5-9(18(21,22)23)6-14(15)28-2)27(16)17(24-8)11-7-10(19)3-4-12(11)20/h3-7H,1-2H3. The van der Waals surface area contributed by atoms with Crippen molar-refractivity contribution >= 4 is 39.9 Å². The summed E-state index contributed by atoms with van der Waals surface area (Å²) in [5, 5.41) is 8.93. The fourth-order valence-corrected chi connectivity index (χ4v) is 3.37. The maximum atomic E-state index is 13.4. The van der Waals surface area contributed by atoms with Crippen LogP contribution in [0.3, 0.4) is 0 Å². The first-order valence-electron chi connectivity index (χ1n) is 7.97. The van der Waals surface area contributed by atoms with E-state index in [-0.39, 0.29) is 16.8 Å². The lowest BCUT2D eigenvalue weighted by Crippen LogP contribution is -2.07. The number of nitrogens with zero attached hydrogens (tertiary/aromatic N) is 4. The van der Waals surface area contributed by atoms with Crippen LogP contribution in [-0.4, -0.2) is 26.7 Å². The summed E-state index contributed by atoms with van der Waals surface area (Å²) in [5.41, 5.74) is 0.684. The summed E-state index contributed by atoms with van der Waals surface area (Å²) >= 11 is 12.4. The van der Waals surface area contributed by atoms with Gasteiger partial charge in [-0.15, -0.1) is 10.2 Å². The Labute approximate surface area is 166 Å². The fourth-order valence-electron chi connectivity index (χ4n) is 3.00. The van der Waals surface area contributed by atoms with Crippen molar-refractivity contribution in [1.82, 2.24) is 19.6 Å². The Kier molecular flexibility index (Phi) is 4.35. The molecule has 28 heavy (non-hydrogen) atoms. The molecule has 0 fully saturated rings. The van der Waals surface area contributed by atoms with E-state index in [9.17, 15) is 13.2 Å². The summed E-state index contributed by atoms with van der Waals surface area (Å²) in [6.07, 6.45) is -4.57. The van der Waals surface area contributed by atoms with Crippen LogP contribution in [0.15, 0.2) is 30.3 Å². The van der Waals surface area contributed by atoms with Gasteiger partial charge in [0, 0.05) is 10.6 Å². The average Bonchev–Trinajstić information content (AvgIpc) is 2.99. The van der Waals surface area contributed by atoms with E-state index < -0.39 is 11.7 Å². The number of rotatable bonds is 2. The Bertz CT molecular complexity index is 1240. The third-order valence-electron chi connectivity index (χ3n) is 4.28. The minimum absolute atomic E-state index is 0.0475. The molecule has 5 nitrogen and oxygen atoms in total. The van der Waals surface area contributed by atoms with Crippen LogP contribution >= 0.6 is 23.2 Å². The molecule has 0 saturated carbocycles. The Morgan fingerprint density at radius 2 is 1.82 bits per heavy atom. The molecule has 144 valence electrons. The number of methoxy groups -OCH3 is 1. The van der Waals surface area contributed by atoms with Gasteiger partial charge in [-0.05, 0) is 37.3 Å². The van der Waals surface area contributed by atoms with E-state index in [2.05, 4.69) is 15.2 Å². The lowest BCUT2D eigenvalue weighted by Gasteiger charge is -2.13. The maximum Gasteiger partial charge on any atom is 0.416 e. The van der Waals surface area contributed by atoms with Crippen molar-refractivity contribution in [3.05, 3.63) is 51.6 Å². The van der Waals surface area contributed by atoms with Crippen LogP contribution < -0.4 is 4.74 Å². The molecule has 0 unspecified atom stereocenters. The number of alkyl halides is 3. The number of fused-ring (bicyclic) bond motifs is 3. The molecule has 0 bridgehead atoms. The second-order valence-electron chi connectivity index (χ2n) is 6.05. The normalized spacial score (nSPS) is 12.1. The molecule has 0 atom stereocenters. The third-order valence-corrected chi connectivity index (χ3v) is 4.84. The molecule has 0 aliphatic carbocycles. The van der Waals surface area contributed by atoms with Crippen molar-refractivity contribution in [3.63, 3.8) is 0 Å². The van der Waals surface area contributed by atoms with Crippen LogP contribution in [0.25, 0.3) is 28.1 Å². The number of aryl methyl sites for hydroxylation is 1. The van der Waals surface area contributed by atoms with Gasteiger partial charge in [0.1, 0.15) is 11.6 Å². The highest BCUT2D eigenvalue weighted by molar-refractivity contribution is 6.35. The predicted octanol–water partition coefficient (Wildman–Crippen LogP) is 5.59. The van der Waals surface area contributed by atoms with Crippen LogP contribution in [0.1, 0.15) is 11.3 Å². The van der Waals surface area contributed by atoms with Crippen LogP contribution in [0.4, 0.5) is 13.2 Å². The van der Waals surface area contributed by atoms with E-state index in [1.165, 1.54) is 11.5 Å². The number of aromatic nitrogens is 4. The third kappa shape index (κ3) is 2.93. The number of hydrogen-bond donors (Lipinski definition) is 0. The number of ether oxygens (including phenoxy) is 1. The molecular formula is C18H11Cl2F3N4O. The van der Waals surface area contributed by atoms with Crippen molar-refractivity contribution in [1.29, 1.82) is 0 Å². The molecule has 4 aromatic rings. The molecule has 10 heteroatoms. The van der Waals surface area contributed by atoms with Crippen LogP contribution in [0.5, 0.6) is 5.75 Å². The summed E-state index contributed by atoms with van der Waals surface area (Å²) in [7, 11) is 1.27. The van der Waals surface area contributed by atoms with Gasteiger partial charge in [-0.3, -0.25) is 4.40 Å². The van der Waals surface area contributed by atoms with E-state index in [1.54, 1.807) is 25.1 Å². The zero-order valence-corrected chi connectivity index (χ0v) is 16.0. The van der Waals surface area contributed by atoms with Gasteiger partial charge in [-0.1, -0.05) is 23.2 Å². The molecule has 2 aromatic heterocycles. The molecular weight excluding hydrogens is 416 g/mol. The predicted molar refractivity (Wildman–Crippen MR) is 100 cm³/mol. The van der Waals surface area contributed by atoms with Crippen LogP contribution in [0.2, 0.25) is 10.0 Å². The van der Waals surface area contributed by atoms with Gasteiger partial charge >= 0.3 is 6.18 Å². The van der Waals surface area contributed by atoms with E-state index >= 15 is 0 Å². The maximum absolute atomic E-state index is 13.4. The summed E-state index contributed by atoms with van der Waals surface area (Å²) in [4.78, 5) is 4.45. The van der Waals surface area contributed by atoms with Crippen molar-refractivity contribution in [2.75, 3.05) is 7.11 Å². The minimum Gasteiger partial charge on any atom is -0.494 e. The molecule has 0 spiro atoms. The van der Waals surface area contributed by atoms with E-state index in [0.717, 1.165) is 12.1 Å². The molecule has 0 amide bonds. The summed E-state index contributed by atoms with van der Waals surface area (Å²) < 4.78 is 46.9.